The molecule has 1 heterocycles. The summed E-state index contributed by atoms with van der Waals surface area (Å²) in [4.78, 5) is 16.7. The molecule has 2 aromatic carbocycles. The molecule has 0 saturated carbocycles. The molecule has 4 heteroatoms. The highest BCUT2D eigenvalue weighted by Crippen LogP contribution is 2.19. The zero-order chi connectivity index (χ0) is 16.2. The van der Waals surface area contributed by atoms with E-state index in [4.69, 9.17) is 5.73 Å². The third-order valence-electron chi connectivity index (χ3n) is 3.83. The number of amides is 1. The molecule has 1 aromatic heterocycles. The van der Waals surface area contributed by atoms with E-state index in [1.807, 2.05) is 67.6 Å². The van der Waals surface area contributed by atoms with Crippen LogP contribution in [0.5, 0.6) is 0 Å². The average molecular weight is 305 g/mol. The Hall–Kier alpha value is -2.88. The highest BCUT2D eigenvalue weighted by Gasteiger charge is 2.11. The van der Waals surface area contributed by atoms with Crippen LogP contribution in [-0.2, 0) is 11.2 Å². The SMILES string of the molecule is CC(NC(=O)Cc1ccc2cccc(N)c2n1)c1ccccc1. The number of pyridine rings is 1. The molecule has 23 heavy (non-hydrogen) atoms. The fraction of sp³-hybridized carbons (Fsp3) is 0.158. The second-order valence-electron chi connectivity index (χ2n) is 5.60. The molecule has 1 unspecified atom stereocenters. The van der Waals surface area contributed by atoms with Gasteiger partial charge < -0.3 is 11.1 Å². The van der Waals surface area contributed by atoms with Gasteiger partial charge in [0.15, 0.2) is 0 Å². The fourth-order valence-electron chi connectivity index (χ4n) is 2.59. The van der Waals surface area contributed by atoms with Crippen LogP contribution >= 0.6 is 0 Å². The number of para-hydroxylation sites is 1. The van der Waals surface area contributed by atoms with Crippen molar-refractivity contribution in [2.24, 2.45) is 0 Å². The Labute approximate surface area is 135 Å². The van der Waals surface area contributed by atoms with E-state index in [9.17, 15) is 4.79 Å². The summed E-state index contributed by atoms with van der Waals surface area (Å²) in [6.45, 7) is 1.97. The molecule has 3 aromatic rings. The third kappa shape index (κ3) is 3.48. The lowest BCUT2D eigenvalue weighted by Gasteiger charge is -2.14. The number of hydrogen-bond donors (Lipinski definition) is 2. The molecule has 0 fully saturated rings. The number of fused-ring (bicyclic) bond motifs is 1. The van der Waals surface area contributed by atoms with E-state index >= 15 is 0 Å². The van der Waals surface area contributed by atoms with E-state index in [0.29, 0.717) is 11.4 Å². The minimum absolute atomic E-state index is 0.0331. The van der Waals surface area contributed by atoms with Crippen LogP contribution in [0, 0.1) is 0 Å². The quantitative estimate of drug-likeness (QED) is 0.727. The van der Waals surface area contributed by atoms with Crippen molar-refractivity contribution < 1.29 is 4.79 Å². The van der Waals surface area contributed by atoms with E-state index in [2.05, 4.69) is 10.3 Å². The second kappa shape index (κ2) is 6.48. The van der Waals surface area contributed by atoms with Crippen LogP contribution < -0.4 is 11.1 Å². The first kappa shape index (κ1) is 15.0. The monoisotopic (exact) mass is 305 g/mol. The van der Waals surface area contributed by atoms with E-state index in [1.165, 1.54) is 0 Å². The van der Waals surface area contributed by atoms with Gasteiger partial charge in [0.05, 0.1) is 29.4 Å². The first-order valence-electron chi connectivity index (χ1n) is 7.62. The smallest absolute Gasteiger partial charge is 0.226 e. The first-order chi connectivity index (χ1) is 11.1. The van der Waals surface area contributed by atoms with Crippen LogP contribution in [0.4, 0.5) is 5.69 Å². The Kier molecular flexibility index (Phi) is 4.24. The first-order valence-corrected chi connectivity index (χ1v) is 7.62. The van der Waals surface area contributed by atoms with Crippen LogP contribution in [0.3, 0.4) is 0 Å². The molecule has 0 bridgehead atoms. The van der Waals surface area contributed by atoms with Gasteiger partial charge >= 0.3 is 0 Å². The molecule has 116 valence electrons. The molecule has 0 aliphatic heterocycles. The zero-order valence-electron chi connectivity index (χ0n) is 13.0. The molecule has 0 saturated heterocycles. The molecule has 0 aliphatic rings. The van der Waals surface area contributed by atoms with Gasteiger partial charge in [-0.25, -0.2) is 0 Å². The number of aromatic nitrogens is 1. The summed E-state index contributed by atoms with van der Waals surface area (Å²) in [6.07, 6.45) is 0.238. The maximum Gasteiger partial charge on any atom is 0.226 e. The Morgan fingerprint density at radius 3 is 2.65 bits per heavy atom. The summed E-state index contributed by atoms with van der Waals surface area (Å²) in [5.74, 6) is -0.0531. The molecule has 4 nitrogen and oxygen atoms in total. The van der Waals surface area contributed by atoms with Crippen molar-refractivity contribution in [2.75, 3.05) is 5.73 Å². The molecule has 0 aliphatic carbocycles. The Morgan fingerprint density at radius 2 is 1.87 bits per heavy atom. The van der Waals surface area contributed by atoms with Gasteiger partial charge in [-0.05, 0) is 24.6 Å². The van der Waals surface area contributed by atoms with Gasteiger partial charge in [0.2, 0.25) is 5.91 Å². The van der Waals surface area contributed by atoms with Gasteiger partial charge in [-0.2, -0.15) is 0 Å². The lowest BCUT2D eigenvalue weighted by Crippen LogP contribution is -2.28. The summed E-state index contributed by atoms with van der Waals surface area (Å²) >= 11 is 0. The molecule has 3 rings (SSSR count). The van der Waals surface area contributed by atoms with Crippen LogP contribution in [-0.4, -0.2) is 10.9 Å². The normalized spacial score (nSPS) is 12.0. The maximum atomic E-state index is 12.2. The van der Waals surface area contributed by atoms with Gasteiger partial charge in [-0.3, -0.25) is 9.78 Å². The predicted octanol–water partition coefficient (Wildman–Crippen LogP) is 3.24. The lowest BCUT2D eigenvalue weighted by atomic mass is 10.1. The Balaban J connectivity index is 1.72. The number of rotatable bonds is 4. The fourth-order valence-corrected chi connectivity index (χ4v) is 2.59. The minimum Gasteiger partial charge on any atom is -0.397 e. The van der Waals surface area contributed by atoms with Crippen LogP contribution in [0.25, 0.3) is 10.9 Å². The second-order valence-corrected chi connectivity index (χ2v) is 5.60. The molecule has 3 N–H and O–H groups in total. The van der Waals surface area contributed by atoms with Crippen molar-refractivity contribution in [3.63, 3.8) is 0 Å². The number of nitrogens with zero attached hydrogens (tertiary/aromatic N) is 1. The number of nitrogen functional groups attached to an aromatic ring is 1. The van der Waals surface area contributed by atoms with E-state index in [-0.39, 0.29) is 18.4 Å². The molecule has 0 radical (unpaired) electrons. The van der Waals surface area contributed by atoms with E-state index < -0.39 is 0 Å². The molecule has 0 spiro atoms. The minimum atomic E-state index is -0.0531. The summed E-state index contributed by atoms with van der Waals surface area (Å²) in [5, 5.41) is 3.98. The van der Waals surface area contributed by atoms with Gasteiger partial charge in [0.25, 0.3) is 0 Å². The molecule has 1 amide bonds. The van der Waals surface area contributed by atoms with Crippen molar-refractivity contribution in [1.29, 1.82) is 0 Å². The summed E-state index contributed by atoms with van der Waals surface area (Å²) in [5.41, 5.74) is 9.12. The number of carbonyl (C=O) groups is 1. The van der Waals surface area contributed by atoms with Crippen molar-refractivity contribution in [1.82, 2.24) is 10.3 Å². The number of nitrogens with one attached hydrogen (secondary N) is 1. The van der Waals surface area contributed by atoms with E-state index in [1.54, 1.807) is 0 Å². The number of anilines is 1. The molecular weight excluding hydrogens is 286 g/mol. The van der Waals surface area contributed by atoms with Crippen molar-refractivity contribution in [3.8, 4) is 0 Å². The van der Waals surface area contributed by atoms with Crippen molar-refractivity contribution in [2.45, 2.75) is 19.4 Å². The third-order valence-corrected chi connectivity index (χ3v) is 3.83. The zero-order valence-corrected chi connectivity index (χ0v) is 13.0. The summed E-state index contributed by atoms with van der Waals surface area (Å²) < 4.78 is 0. The Bertz CT molecular complexity index is 830. The van der Waals surface area contributed by atoms with E-state index in [0.717, 1.165) is 16.5 Å². The Morgan fingerprint density at radius 1 is 1.09 bits per heavy atom. The predicted molar refractivity (Wildman–Crippen MR) is 92.9 cm³/mol. The highest BCUT2D eigenvalue weighted by atomic mass is 16.1. The topological polar surface area (TPSA) is 68.0 Å². The summed E-state index contributed by atoms with van der Waals surface area (Å²) in [7, 11) is 0. The lowest BCUT2D eigenvalue weighted by molar-refractivity contribution is -0.121. The van der Waals surface area contributed by atoms with Crippen molar-refractivity contribution in [3.05, 3.63) is 71.9 Å². The number of hydrogen-bond acceptors (Lipinski definition) is 3. The largest absolute Gasteiger partial charge is 0.397 e. The molecular formula is C19H19N3O. The number of nitrogens with two attached hydrogens (primary N) is 1. The van der Waals surface area contributed by atoms with Crippen molar-refractivity contribution >= 4 is 22.5 Å². The standard InChI is InChI=1S/C19H19N3O/c1-13(14-6-3-2-4-7-14)21-18(23)12-16-11-10-15-8-5-9-17(20)19(15)22-16/h2-11,13H,12,20H2,1H3,(H,21,23). The van der Waals surface area contributed by atoms with Gasteiger partial charge in [0, 0.05) is 5.39 Å². The van der Waals surface area contributed by atoms with Crippen LogP contribution in [0.1, 0.15) is 24.2 Å². The average Bonchev–Trinajstić information content (AvgIpc) is 2.56. The highest BCUT2D eigenvalue weighted by molar-refractivity contribution is 5.89. The van der Waals surface area contributed by atoms with Gasteiger partial charge in [0.1, 0.15) is 0 Å². The van der Waals surface area contributed by atoms with Gasteiger partial charge in [-0.15, -0.1) is 0 Å². The van der Waals surface area contributed by atoms with Crippen LogP contribution in [0.2, 0.25) is 0 Å². The number of carbonyl (C=O) groups excluding carboxylic acids is 1. The van der Waals surface area contributed by atoms with Gasteiger partial charge in [-0.1, -0.05) is 48.5 Å². The number of benzene rings is 2. The molecule has 1 atom stereocenters. The van der Waals surface area contributed by atoms with Crippen LogP contribution in [0.15, 0.2) is 60.7 Å². The maximum absolute atomic E-state index is 12.2. The summed E-state index contributed by atoms with van der Waals surface area (Å²) in [6, 6.07) is 19.3.